The first-order valence-electron chi connectivity index (χ1n) is 5.19. The molecule has 0 aromatic carbocycles. The Kier molecular flexibility index (Phi) is 2.10. The molecule has 0 aliphatic heterocycles. The molecule has 0 bridgehead atoms. The Hall–Kier alpha value is -0.180. The van der Waals surface area contributed by atoms with Crippen LogP contribution >= 0.6 is 0 Å². The monoisotopic (exact) mass is 189 g/mol. The molecule has 2 aliphatic carbocycles. The summed E-state index contributed by atoms with van der Waals surface area (Å²) in [6.07, 6.45) is 4.58. The van der Waals surface area contributed by atoms with Crippen LogP contribution in [0.15, 0.2) is 0 Å². The zero-order valence-corrected chi connectivity index (χ0v) is 7.86. The van der Waals surface area contributed by atoms with Crippen LogP contribution in [-0.2, 0) is 0 Å². The van der Waals surface area contributed by atoms with Gasteiger partial charge in [0, 0.05) is 18.4 Å². The largest absolute Gasteiger partial charge is 0.325 e. The standard InChI is InChI=1S/C10H17F2N/c11-10(12)6-4-9(13,5-7-10)8-2-1-3-8/h8H,1-7,13H2. The van der Waals surface area contributed by atoms with E-state index >= 15 is 0 Å². The minimum atomic E-state index is -2.44. The highest BCUT2D eigenvalue weighted by Gasteiger charge is 2.46. The molecular formula is C10H17F2N. The predicted octanol–water partition coefficient (Wildman–Crippen LogP) is 2.69. The van der Waals surface area contributed by atoms with Gasteiger partial charge in [-0.1, -0.05) is 6.42 Å². The highest BCUT2D eigenvalue weighted by atomic mass is 19.3. The third kappa shape index (κ3) is 1.71. The van der Waals surface area contributed by atoms with Crippen LogP contribution in [-0.4, -0.2) is 11.5 Å². The maximum atomic E-state index is 12.9. The average molecular weight is 189 g/mol. The highest BCUT2D eigenvalue weighted by molar-refractivity contribution is 4.99. The highest BCUT2D eigenvalue weighted by Crippen LogP contribution is 2.46. The molecule has 2 rings (SSSR count). The van der Waals surface area contributed by atoms with E-state index in [1.165, 1.54) is 6.42 Å². The summed E-state index contributed by atoms with van der Waals surface area (Å²) in [5, 5.41) is 0. The summed E-state index contributed by atoms with van der Waals surface area (Å²) in [4.78, 5) is 0. The van der Waals surface area contributed by atoms with Crippen LogP contribution in [0.3, 0.4) is 0 Å². The van der Waals surface area contributed by atoms with Gasteiger partial charge < -0.3 is 5.73 Å². The van der Waals surface area contributed by atoms with E-state index in [1.807, 2.05) is 0 Å². The fraction of sp³-hybridized carbons (Fsp3) is 1.00. The molecule has 0 aromatic heterocycles. The van der Waals surface area contributed by atoms with Crippen molar-refractivity contribution in [3.05, 3.63) is 0 Å². The number of alkyl halides is 2. The van der Waals surface area contributed by atoms with Crippen LogP contribution in [0.25, 0.3) is 0 Å². The molecule has 0 spiro atoms. The molecule has 3 heteroatoms. The number of hydrogen-bond donors (Lipinski definition) is 1. The van der Waals surface area contributed by atoms with Crippen molar-refractivity contribution >= 4 is 0 Å². The summed E-state index contributed by atoms with van der Waals surface area (Å²) in [5.74, 6) is -1.91. The van der Waals surface area contributed by atoms with Gasteiger partial charge in [-0.2, -0.15) is 0 Å². The summed E-state index contributed by atoms with van der Waals surface area (Å²) in [7, 11) is 0. The lowest BCUT2D eigenvalue weighted by molar-refractivity contribution is -0.0645. The molecule has 0 heterocycles. The molecular weight excluding hydrogens is 172 g/mol. The molecule has 13 heavy (non-hydrogen) atoms. The van der Waals surface area contributed by atoms with Gasteiger partial charge >= 0.3 is 0 Å². The average Bonchev–Trinajstić information content (AvgIpc) is 1.93. The lowest BCUT2D eigenvalue weighted by Gasteiger charge is -2.46. The van der Waals surface area contributed by atoms with E-state index in [9.17, 15) is 8.78 Å². The zero-order valence-electron chi connectivity index (χ0n) is 7.86. The molecule has 76 valence electrons. The Balaban J connectivity index is 1.95. The number of rotatable bonds is 1. The van der Waals surface area contributed by atoms with Crippen LogP contribution in [0, 0.1) is 5.92 Å². The molecule has 2 fully saturated rings. The fourth-order valence-electron chi connectivity index (χ4n) is 2.47. The Bertz CT molecular complexity index is 189. The lowest BCUT2D eigenvalue weighted by Crippen LogP contribution is -2.53. The van der Waals surface area contributed by atoms with Gasteiger partial charge in [-0.15, -0.1) is 0 Å². The predicted molar refractivity (Wildman–Crippen MR) is 47.7 cm³/mol. The molecule has 1 nitrogen and oxygen atoms in total. The van der Waals surface area contributed by atoms with E-state index in [-0.39, 0.29) is 18.4 Å². The second-order valence-electron chi connectivity index (χ2n) is 4.72. The first kappa shape index (κ1) is 9.38. The fourth-order valence-corrected chi connectivity index (χ4v) is 2.47. The zero-order chi connectivity index (χ0) is 9.53. The topological polar surface area (TPSA) is 26.0 Å². The summed E-state index contributed by atoms with van der Waals surface area (Å²) < 4.78 is 25.8. The number of nitrogens with two attached hydrogens (primary N) is 1. The summed E-state index contributed by atoms with van der Waals surface area (Å²) in [5.41, 5.74) is 5.90. The minimum Gasteiger partial charge on any atom is -0.325 e. The van der Waals surface area contributed by atoms with Gasteiger partial charge in [-0.05, 0) is 31.6 Å². The van der Waals surface area contributed by atoms with Crippen molar-refractivity contribution in [2.75, 3.05) is 0 Å². The van der Waals surface area contributed by atoms with Gasteiger partial charge in [0.25, 0.3) is 0 Å². The summed E-state index contributed by atoms with van der Waals surface area (Å²) in [6.45, 7) is 0. The van der Waals surface area contributed by atoms with Crippen molar-refractivity contribution in [2.45, 2.75) is 56.4 Å². The van der Waals surface area contributed by atoms with Crippen LogP contribution < -0.4 is 5.73 Å². The van der Waals surface area contributed by atoms with Crippen molar-refractivity contribution in [1.82, 2.24) is 0 Å². The van der Waals surface area contributed by atoms with Crippen molar-refractivity contribution in [2.24, 2.45) is 11.7 Å². The molecule has 2 aliphatic rings. The van der Waals surface area contributed by atoms with Crippen molar-refractivity contribution in [3.8, 4) is 0 Å². The van der Waals surface area contributed by atoms with E-state index in [0.29, 0.717) is 18.8 Å². The second-order valence-corrected chi connectivity index (χ2v) is 4.72. The Morgan fingerprint density at radius 3 is 1.92 bits per heavy atom. The van der Waals surface area contributed by atoms with Crippen molar-refractivity contribution in [3.63, 3.8) is 0 Å². The third-order valence-electron chi connectivity index (χ3n) is 3.83. The molecule has 0 unspecified atom stereocenters. The van der Waals surface area contributed by atoms with E-state index in [4.69, 9.17) is 5.73 Å². The second kappa shape index (κ2) is 2.91. The van der Waals surface area contributed by atoms with Crippen molar-refractivity contribution in [1.29, 1.82) is 0 Å². The lowest BCUT2D eigenvalue weighted by atomic mass is 9.64. The van der Waals surface area contributed by atoms with E-state index < -0.39 is 5.92 Å². The summed E-state index contributed by atoms with van der Waals surface area (Å²) >= 11 is 0. The Labute approximate surface area is 77.7 Å². The summed E-state index contributed by atoms with van der Waals surface area (Å²) in [6, 6.07) is 0. The van der Waals surface area contributed by atoms with Crippen LogP contribution in [0.2, 0.25) is 0 Å². The maximum Gasteiger partial charge on any atom is 0.248 e. The Morgan fingerprint density at radius 1 is 1.00 bits per heavy atom. The first-order chi connectivity index (χ1) is 6.02. The molecule has 0 amide bonds. The quantitative estimate of drug-likeness (QED) is 0.674. The van der Waals surface area contributed by atoms with Gasteiger partial charge in [0.1, 0.15) is 0 Å². The van der Waals surface area contributed by atoms with Crippen molar-refractivity contribution < 1.29 is 8.78 Å². The normalized spacial score (nSPS) is 32.5. The minimum absolute atomic E-state index is 0. The van der Waals surface area contributed by atoms with E-state index in [1.54, 1.807) is 0 Å². The van der Waals surface area contributed by atoms with Crippen LogP contribution in [0.5, 0.6) is 0 Å². The third-order valence-corrected chi connectivity index (χ3v) is 3.83. The molecule has 0 atom stereocenters. The Morgan fingerprint density at radius 2 is 1.54 bits per heavy atom. The first-order valence-corrected chi connectivity index (χ1v) is 5.19. The smallest absolute Gasteiger partial charge is 0.248 e. The molecule has 2 N–H and O–H groups in total. The molecule has 2 saturated carbocycles. The number of hydrogen-bond acceptors (Lipinski definition) is 1. The maximum absolute atomic E-state index is 12.9. The van der Waals surface area contributed by atoms with Gasteiger partial charge in [0.2, 0.25) is 5.92 Å². The molecule has 0 aromatic rings. The van der Waals surface area contributed by atoms with Crippen LogP contribution in [0.1, 0.15) is 44.9 Å². The van der Waals surface area contributed by atoms with Crippen LogP contribution in [0.4, 0.5) is 8.78 Å². The van der Waals surface area contributed by atoms with Gasteiger partial charge in [-0.25, -0.2) is 8.78 Å². The van der Waals surface area contributed by atoms with Gasteiger partial charge in [0.15, 0.2) is 0 Å². The SMILES string of the molecule is NC1(C2CCC2)CCC(F)(F)CC1. The molecule has 0 saturated heterocycles. The van der Waals surface area contributed by atoms with Gasteiger partial charge in [0.05, 0.1) is 0 Å². The van der Waals surface area contributed by atoms with Gasteiger partial charge in [-0.3, -0.25) is 0 Å². The molecule has 0 radical (unpaired) electrons. The van der Waals surface area contributed by atoms with E-state index in [0.717, 1.165) is 12.8 Å². The number of halogens is 2. The van der Waals surface area contributed by atoms with E-state index in [2.05, 4.69) is 0 Å².